The zero-order chi connectivity index (χ0) is 25.3. The highest BCUT2D eigenvalue weighted by atomic mass is 35.5. The van der Waals surface area contributed by atoms with Gasteiger partial charge >= 0.3 is 0 Å². The first-order valence-corrected chi connectivity index (χ1v) is 13.4. The van der Waals surface area contributed by atoms with Gasteiger partial charge in [-0.3, -0.25) is 14.5 Å². The van der Waals surface area contributed by atoms with Crippen LogP contribution in [0.4, 0.5) is 5.69 Å². The predicted molar refractivity (Wildman–Crippen MR) is 139 cm³/mol. The van der Waals surface area contributed by atoms with Crippen molar-refractivity contribution in [1.29, 1.82) is 0 Å². The van der Waals surface area contributed by atoms with Crippen molar-refractivity contribution in [2.45, 2.75) is 23.3 Å². The molecule has 2 N–H and O–H groups in total. The van der Waals surface area contributed by atoms with Gasteiger partial charge in [0.05, 0.1) is 11.1 Å². The molecule has 9 heteroatoms. The molecule has 0 aliphatic carbocycles. The predicted octanol–water partition coefficient (Wildman–Crippen LogP) is 4.81. The Morgan fingerprint density at radius 1 is 0.944 bits per heavy atom. The number of piperidine rings is 1. The number of rotatable bonds is 5. The molecular weight excluding hydrogens is 498 g/mol. The summed E-state index contributed by atoms with van der Waals surface area (Å²) in [7, 11) is -3.88. The number of carbonyl (C=O) groups is 1. The van der Waals surface area contributed by atoms with Gasteiger partial charge in [-0.15, -0.1) is 0 Å². The molecule has 0 saturated carbocycles. The summed E-state index contributed by atoms with van der Waals surface area (Å²) in [4.78, 5) is 19.0. The topological polar surface area (TPSA) is 99.6 Å². The molecule has 0 bridgehead atoms. The van der Waals surface area contributed by atoms with Crippen LogP contribution in [0.5, 0.6) is 0 Å². The Morgan fingerprint density at radius 2 is 1.64 bits per heavy atom. The number of anilines is 1. The Kier molecular flexibility index (Phi) is 6.42. The van der Waals surface area contributed by atoms with Gasteiger partial charge in [-0.2, -0.15) is 0 Å². The summed E-state index contributed by atoms with van der Waals surface area (Å²) in [5.41, 5.74) is 0.769. The van der Waals surface area contributed by atoms with Crippen LogP contribution in [0.3, 0.4) is 0 Å². The van der Waals surface area contributed by atoms with E-state index in [2.05, 4.69) is 9.71 Å². The number of aliphatic hydroxyl groups is 1. The van der Waals surface area contributed by atoms with Crippen LogP contribution in [0, 0.1) is 0 Å². The second-order valence-corrected chi connectivity index (χ2v) is 10.9. The lowest BCUT2D eigenvalue weighted by Crippen LogP contribution is -2.45. The fraction of sp³-hybridized carbons (Fsp3) is 0.185. The third-order valence-electron chi connectivity index (χ3n) is 6.52. The lowest BCUT2D eigenvalue weighted by atomic mass is 9.84. The third-order valence-corrected chi connectivity index (χ3v) is 8.26. The monoisotopic (exact) mass is 521 g/mol. The Morgan fingerprint density at radius 3 is 2.36 bits per heavy atom. The average molecular weight is 522 g/mol. The van der Waals surface area contributed by atoms with Crippen LogP contribution in [-0.4, -0.2) is 42.4 Å². The molecule has 36 heavy (non-hydrogen) atoms. The van der Waals surface area contributed by atoms with E-state index in [9.17, 15) is 18.3 Å². The van der Waals surface area contributed by atoms with Crippen molar-refractivity contribution in [3.05, 3.63) is 101 Å². The summed E-state index contributed by atoms with van der Waals surface area (Å²) < 4.78 is 28.6. The normalized spacial score (nSPS) is 15.6. The molecule has 4 aromatic rings. The molecule has 0 atom stereocenters. The van der Waals surface area contributed by atoms with Crippen LogP contribution in [-0.2, 0) is 15.6 Å². The van der Waals surface area contributed by atoms with Gasteiger partial charge in [0, 0.05) is 46.5 Å². The number of halogens is 1. The Hall–Kier alpha value is -3.46. The standard InChI is InChI=1S/C27H24ClN3O4S/c28-23-8-2-1-7-22(23)27(33)14-17-31(18-15-27)26(32)20-10-12-21(13-11-20)30-36(34,35)24-9-3-5-19-6-4-16-29-25(19)24/h1-13,16,30,33H,14-15,17-18H2. The summed E-state index contributed by atoms with van der Waals surface area (Å²) in [6, 6.07) is 22.1. The maximum Gasteiger partial charge on any atom is 0.264 e. The van der Waals surface area contributed by atoms with E-state index in [0.717, 1.165) is 5.39 Å². The number of likely N-dealkylation sites (tertiary alicyclic amines) is 1. The molecule has 1 fully saturated rings. The van der Waals surface area contributed by atoms with Gasteiger partial charge in [0.2, 0.25) is 0 Å². The van der Waals surface area contributed by atoms with Crippen LogP contribution in [0.15, 0.2) is 90.0 Å². The maximum absolute atomic E-state index is 13.0. The van der Waals surface area contributed by atoms with Crippen molar-refractivity contribution >= 4 is 44.1 Å². The van der Waals surface area contributed by atoms with Crippen LogP contribution < -0.4 is 4.72 Å². The fourth-order valence-electron chi connectivity index (χ4n) is 4.55. The van der Waals surface area contributed by atoms with E-state index in [1.54, 1.807) is 65.7 Å². The molecule has 0 unspecified atom stereocenters. The SMILES string of the molecule is O=C(c1ccc(NS(=O)(=O)c2cccc3cccnc23)cc1)N1CCC(O)(c2ccccc2Cl)CC1. The van der Waals surface area contributed by atoms with Gasteiger partial charge in [-0.25, -0.2) is 8.42 Å². The van der Waals surface area contributed by atoms with Crippen molar-refractivity contribution in [3.8, 4) is 0 Å². The first-order chi connectivity index (χ1) is 17.3. The molecule has 1 aliphatic rings. The fourth-order valence-corrected chi connectivity index (χ4v) is 6.11. The number of sulfonamides is 1. The number of nitrogens with zero attached hydrogens (tertiary/aromatic N) is 2. The molecular formula is C27H24ClN3O4S. The van der Waals surface area contributed by atoms with Crippen LogP contribution in [0.1, 0.15) is 28.8 Å². The number of amides is 1. The molecule has 7 nitrogen and oxygen atoms in total. The van der Waals surface area contributed by atoms with E-state index in [1.807, 2.05) is 18.2 Å². The summed E-state index contributed by atoms with van der Waals surface area (Å²) in [5, 5.41) is 12.3. The molecule has 3 aromatic carbocycles. The Bertz CT molecular complexity index is 1530. The summed E-state index contributed by atoms with van der Waals surface area (Å²) in [5.74, 6) is -0.177. The van der Waals surface area contributed by atoms with Gasteiger partial charge in [-0.1, -0.05) is 48.0 Å². The number of aromatic nitrogens is 1. The molecule has 2 heterocycles. The maximum atomic E-state index is 13.0. The zero-order valence-electron chi connectivity index (χ0n) is 19.3. The Balaban J connectivity index is 1.27. The lowest BCUT2D eigenvalue weighted by Gasteiger charge is -2.39. The molecule has 184 valence electrons. The first-order valence-electron chi connectivity index (χ1n) is 11.5. The summed E-state index contributed by atoms with van der Waals surface area (Å²) in [6.45, 7) is 0.756. The van der Waals surface area contributed by atoms with Crippen molar-refractivity contribution in [2.24, 2.45) is 0 Å². The highest BCUT2D eigenvalue weighted by molar-refractivity contribution is 7.93. The Labute approximate surface area is 214 Å². The van der Waals surface area contributed by atoms with E-state index >= 15 is 0 Å². The largest absolute Gasteiger partial charge is 0.385 e. The highest BCUT2D eigenvalue weighted by Crippen LogP contribution is 2.37. The molecule has 1 saturated heterocycles. The van der Waals surface area contributed by atoms with Gasteiger partial charge in [0.1, 0.15) is 4.90 Å². The number of hydrogen-bond donors (Lipinski definition) is 2. The van der Waals surface area contributed by atoms with Crippen molar-refractivity contribution in [1.82, 2.24) is 9.88 Å². The number of fused-ring (bicyclic) bond motifs is 1. The van der Waals surface area contributed by atoms with Gasteiger partial charge in [0.15, 0.2) is 0 Å². The van der Waals surface area contributed by atoms with E-state index < -0.39 is 15.6 Å². The molecule has 1 aromatic heterocycles. The number of benzene rings is 3. The van der Waals surface area contributed by atoms with Gasteiger partial charge < -0.3 is 10.0 Å². The minimum Gasteiger partial charge on any atom is -0.385 e. The quantitative estimate of drug-likeness (QED) is 0.392. The van der Waals surface area contributed by atoms with Gasteiger partial charge in [0.25, 0.3) is 15.9 Å². The number of carbonyl (C=O) groups excluding carboxylic acids is 1. The number of pyridine rings is 1. The first kappa shape index (κ1) is 24.2. The van der Waals surface area contributed by atoms with Crippen LogP contribution in [0.2, 0.25) is 5.02 Å². The highest BCUT2D eigenvalue weighted by Gasteiger charge is 2.36. The van der Waals surface area contributed by atoms with E-state index in [4.69, 9.17) is 11.6 Å². The van der Waals surface area contributed by atoms with Crippen molar-refractivity contribution < 1.29 is 18.3 Å². The third kappa shape index (κ3) is 4.67. The minimum atomic E-state index is -3.88. The molecule has 5 rings (SSSR count). The molecule has 1 amide bonds. The van der Waals surface area contributed by atoms with Crippen LogP contribution in [0.25, 0.3) is 10.9 Å². The van der Waals surface area contributed by atoms with E-state index in [1.165, 1.54) is 6.07 Å². The smallest absolute Gasteiger partial charge is 0.264 e. The second-order valence-electron chi connectivity index (χ2n) is 8.82. The molecule has 1 aliphatic heterocycles. The van der Waals surface area contributed by atoms with Crippen LogP contribution >= 0.6 is 11.6 Å². The number of nitrogens with one attached hydrogen (secondary N) is 1. The number of para-hydroxylation sites is 1. The van der Waals surface area contributed by atoms with Crippen molar-refractivity contribution in [3.63, 3.8) is 0 Å². The lowest BCUT2D eigenvalue weighted by molar-refractivity contribution is -0.0210. The van der Waals surface area contributed by atoms with E-state index in [-0.39, 0.29) is 10.8 Å². The minimum absolute atomic E-state index is 0.0834. The van der Waals surface area contributed by atoms with Crippen molar-refractivity contribution in [2.75, 3.05) is 17.8 Å². The molecule has 0 radical (unpaired) electrons. The summed E-state index contributed by atoms with van der Waals surface area (Å²) in [6.07, 6.45) is 2.30. The average Bonchev–Trinajstić information content (AvgIpc) is 2.89. The molecule has 0 spiro atoms. The van der Waals surface area contributed by atoms with E-state index in [0.29, 0.717) is 53.3 Å². The zero-order valence-corrected chi connectivity index (χ0v) is 20.8. The second kappa shape index (κ2) is 9.54. The number of hydrogen-bond acceptors (Lipinski definition) is 5. The van der Waals surface area contributed by atoms with Gasteiger partial charge in [-0.05, 0) is 55.3 Å². The summed E-state index contributed by atoms with van der Waals surface area (Å²) >= 11 is 6.28.